The summed E-state index contributed by atoms with van der Waals surface area (Å²) in [7, 11) is 0. The SMILES string of the molecule is C1=C2CCC1C2C1CC1. The van der Waals surface area contributed by atoms with Crippen LogP contribution in [0.25, 0.3) is 0 Å². The van der Waals surface area contributed by atoms with Gasteiger partial charge in [-0.2, -0.15) is 0 Å². The monoisotopic (exact) mass is 120 g/mol. The number of hydrogen-bond acceptors (Lipinski definition) is 0. The smallest absolute Gasteiger partial charge is 0.0112 e. The minimum Gasteiger partial charge on any atom is -0.0813 e. The highest BCUT2D eigenvalue weighted by atomic mass is 14.5. The van der Waals surface area contributed by atoms with E-state index in [4.69, 9.17) is 0 Å². The Hall–Kier alpha value is -0.260. The molecule has 4 rings (SSSR count). The second kappa shape index (κ2) is 1.25. The van der Waals surface area contributed by atoms with E-state index in [9.17, 15) is 0 Å². The van der Waals surface area contributed by atoms with Crippen LogP contribution in [-0.4, -0.2) is 0 Å². The van der Waals surface area contributed by atoms with Gasteiger partial charge in [-0.25, -0.2) is 0 Å². The molecule has 0 aliphatic heterocycles. The molecule has 0 spiro atoms. The molecule has 4 aliphatic rings. The molecule has 0 saturated heterocycles. The average molecular weight is 120 g/mol. The lowest BCUT2D eigenvalue weighted by Crippen LogP contribution is -2.17. The summed E-state index contributed by atoms with van der Waals surface area (Å²) in [5, 5.41) is 0. The van der Waals surface area contributed by atoms with Crippen LogP contribution < -0.4 is 0 Å². The molecule has 2 bridgehead atoms. The normalized spacial score (nSPS) is 46.4. The molecular weight excluding hydrogens is 108 g/mol. The summed E-state index contributed by atoms with van der Waals surface area (Å²) in [6, 6.07) is 0. The van der Waals surface area contributed by atoms with E-state index in [1.165, 1.54) is 12.8 Å². The van der Waals surface area contributed by atoms with Gasteiger partial charge in [0, 0.05) is 0 Å². The molecule has 2 saturated carbocycles. The van der Waals surface area contributed by atoms with Crippen LogP contribution in [0, 0.1) is 17.8 Å². The molecule has 0 heterocycles. The lowest BCUT2D eigenvalue weighted by atomic mass is 9.79. The van der Waals surface area contributed by atoms with Gasteiger partial charge in [0.1, 0.15) is 0 Å². The summed E-state index contributed by atoms with van der Waals surface area (Å²) in [6.45, 7) is 0. The molecule has 0 N–H and O–H groups in total. The van der Waals surface area contributed by atoms with Crippen LogP contribution in [0.4, 0.5) is 0 Å². The van der Waals surface area contributed by atoms with Crippen molar-refractivity contribution in [1.82, 2.24) is 0 Å². The zero-order chi connectivity index (χ0) is 5.84. The Labute approximate surface area is 56.0 Å². The molecule has 2 fully saturated rings. The number of rotatable bonds is 1. The van der Waals surface area contributed by atoms with E-state index in [0.29, 0.717) is 0 Å². The molecule has 4 aliphatic carbocycles. The Morgan fingerprint density at radius 3 is 2.56 bits per heavy atom. The fourth-order valence-electron chi connectivity index (χ4n) is 2.60. The van der Waals surface area contributed by atoms with Gasteiger partial charge in [-0.1, -0.05) is 11.6 Å². The Bertz CT molecular complexity index is 174. The Morgan fingerprint density at radius 2 is 2.11 bits per heavy atom. The lowest BCUT2D eigenvalue weighted by Gasteiger charge is -2.26. The number of fused-ring (bicyclic) bond motifs is 1. The van der Waals surface area contributed by atoms with Crippen molar-refractivity contribution in [3.05, 3.63) is 11.6 Å². The van der Waals surface area contributed by atoms with Crippen molar-refractivity contribution >= 4 is 0 Å². The molecule has 0 radical (unpaired) electrons. The van der Waals surface area contributed by atoms with Gasteiger partial charge < -0.3 is 0 Å². The van der Waals surface area contributed by atoms with Crippen molar-refractivity contribution in [3.63, 3.8) is 0 Å². The Morgan fingerprint density at radius 1 is 1.22 bits per heavy atom. The van der Waals surface area contributed by atoms with Crippen LogP contribution in [0.3, 0.4) is 0 Å². The molecule has 0 aromatic carbocycles. The largest absolute Gasteiger partial charge is 0.0813 e. The molecule has 2 unspecified atom stereocenters. The quantitative estimate of drug-likeness (QED) is 0.466. The van der Waals surface area contributed by atoms with Crippen LogP contribution >= 0.6 is 0 Å². The second-order valence-electron chi connectivity index (χ2n) is 3.81. The van der Waals surface area contributed by atoms with Crippen molar-refractivity contribution in [1.29, 1.82) is 0 Å². The summed E-state index contributed by atoms with van der Waals surface area (Å²) < 4.78 is 0. The molecule has 0 amide bonds. The Balaban J connectivity index is 1.89. The van der Waals surface area contributed by atoms with Crippen molar-refractivity contribution in [2.24, 2.45) is 17.8 Å². The van der Waals surface area contributed by atoms with Gasteiger partial charge in [0.05, 0.1) is 0 Å². The van der Waals surface area contributed by atoms with Crippen molar-refractivity contribution in [3.8, 4) is 0 Å². The van der Waals surface area contributed by atoms with E-state index < -0.39 is 0 Å². The fraction of sp³-hybridized carbons (Fsp3) is 0.778. The molecule has 48 valence electrons. The first-order valence-electron chi connectivity index (χ1n) is 4.16. The van der Waals surface area contributed by atoms with Crippen molar-refractivity contribution in [2.45, 2.75) is 25.7 Å². The predicted molar refractivity (Wildman–Crippen MR) is 37.0 cm³/mol. The lowest BCUT2D eigenvalue weighted by molar-refractivity contribution is 0.409. The first-order valence-corrected chi connectivity index (χ1v) is 4.16. The summed E-state index contributed by atoms with van der Waals surface area (Å²) in [6.07, 6.45) is 8.54. The standard InChI is InChI=1S/C9H12/c1-2-6(1)9-7-3-4-8(9)5-7/h5-7,9H,1-4H2. The van der Waals surface area contributed by atoms with Crippen LogP contribution in [0.1, 0.15) is 25.7 Å². The highest BCUT2D eigenvalue weighted by Crippen LogP contribution is 2.57. The van der Waals surface area contributed by atoms with Gasteiger partial charge in [0.25, 0.3) is 0 Å². The first kappa shape index (κ1) is 4.54. The van der Waals surface area contributed by atoms with Gasteiger partial charge >= 0.3 is 0 Å². The summed E-state index contributed by atoms with van der Waals surface area (Å²) in [5.74, 6) is 3.30. The highest BCUT2D eigenvalue weighted by molar-refractivity contribution is 5.30. The number of allylic oxidation sites excluding steroid dienone is 2. The molecule has 0 heteroatoms. The van der Waals surface area contributed by atoms with Crippen molar-refractivity contribution in [2.75, 3.05) is 0 Å². The third-order valence-corrected chi connectivity index (χ3v) is 3.21. The van der Waals surface area contributed by atoms with Crippen LogP contribution in [-0.2, 0) is 0 Å². The van der Waals surface area contributed by atoms with E-state index in [-0.39, 0.29) is 0 Å². The molecule has 0 aromatic heterocycles. The topological polar surface area (TPSA) is 0 Å². The molecular formula is C9H12. The third kappa shape index (κ3) is 0.452. The summed E-state index contributed by atoms with van der Waals surface area (Å²) >= 11 is 0. The fourth-order valence-corrected chi connectivity index (χ4v) is 2.60. The summed E-state index contributed by atoms with van der Waals surface area (Å²) in [4.78, 5) is 0. The highest BCUT2D eigenvalue weighted by Gasteiger charge is 2.46. The summed E-state index contributed by atoms with van der Waals surface area (Å²) in [5.41, 5.74) is 1.82. The molecule has 2 atom stereocenters. The van der Waals surface area contributed by atoms with Crippen LogP contribution in [0.5, 0.6) is 0 Å². The maximum atomic E-state index is 2.52. The number of hydrogen-bond donors (Lipinski definition) is 0. The van der Waals surface area contributed by atoms with E-state index in [1.807, 2.05) is 5.57 Å². The molecule has 0 aromatic rings. The van der Waals surface area contributed by atoms with Gasteiger partial charge in [0.2, 0.25) is 0 Å². The minimum atomic E-state index is 1.05. The van der Waals surface area contributed by atoms with E-state index >= 15 is 0 Å². The average Bonchev–Trinajstić information content (AvgIpc) is 2.46. The maximum absolute atomic E-state index is 2.52. The van der Waals surface area contributed by atoms with Crippen LogP contribution in [0.15, 0.2) is 11.6 Å². The van der Waals surface area contributed by atoms with Gasteiger partial charge in [-0.3, -0.25) is 0 Å². The molecule has 9 heavy (non-hydrogen) atoms. The zero-order valence-electron chi connectivity index (χ0n) is 5.64. The third-order valence-electron chi connectivity index (χ3n) is 3.21. The second-order valence-corrected chi connectivity index (χ2v) is 3.81. The minimum absolute atomic E-state index is 1.05. The molecule has 0 nitrogen and oxygen atoms in total. The van der Waals surface area contributed by atoms with Gasteiger partial charge in [0.15, 0.2) is 0 Å². The predicted octanol–water partition coefficient (Wildman–Crippen LogP) is 2.36. The van der Waals surface area contributed by atoms with Crippen LogP contribution in [0.2, 0.25) is 0 Å². The van der Waals surface area contributed by atoms with E-state index in [0.717, 1.165) is 17.8 Å². The zero-order valence-corrected chi connectivity index (χ0v) is 5.64. The maximum Gasteiger partial charge on any atom is -0.0112 e. The Kier molecular flexibility index (Phi) is 0.633. The first-order chi connectivity index (χ1) is 4.45. The van der Waals surface area contributed by atoms with E-state index in [1.54, 1.807) is 12.8 Å². The van der Waals surface area contributed by atoms with Gasteiger partial charge in [-0.05, 0) is 43.4 Å². The van der Waals surface area contributed by atoms with E-state index in [2.05, 4.69) is 6.08 Å². The van der Waals surface area contributed by atoms with Crippen molar-refractivity contribution < 1.29 is 0 Å². The van der Waals surface area contributed by atoms with Gasteiger partial charge in [-0.15, -0.1) is 0 Å².